The van der Waals surface area contributed by atoms with Crippen LogP contribution in [0.25, 0.3) is 0 Å². The Bertz CT molecular complexity index is 1000. The van der Waals surface area contributed by atoms with E-state index >= 15 is 0 Å². The number of carbonyl (C=O) groups excluding carboxylic acids is 3. The summed E-state index contributed by atoms with van der Waals surface area (Å²) in [4.78, 5) is 42.7. The molecule has 10 heteroatoms. The van der Waals surface area contributed by atoms with Crippen LogP contribution in [0.4, 0.5) is 26.7 Å². The van der Waals surface area contributed by atoms with E-state index in [9.17, 15) is 14.4 Å². The summed E-state index contributed by atoms with van der Waals surface area (Å²) >= 11 is 0. The third kappa shape index (κ3) is 7.53. The lowest BCUT2D eigenvalue weighted by atomic mass is 10.2. The van der Waals surface area contributed by atoms with Crippen LogP contribution in [-0.2, 0) is 4.79 Å². The third-order valence-electron chi connectivity index (χ3n) is 5.87. The number of nitrogens with zero attached hydrogens (tertiary/aromatic N) is 3. The Morgan fingerprint density at radius 1 is 0.889 bits per heavy atom. The van der Waals surface area contributed by atoms with Gasteiger partial charge in [0.05, 0.1) is 7.11 Å². The molecule has 0 aliphatic carbocycles. The molecule has 5 amide bonds. The Morgan fingerprint density at radius 3 is 2.08 bits per heavy atom. The van der Waals surface area contributed by atoms with Crippen molar-refractivity contribution in [1.29, 1.82) is 0 Å². The predicted octanol–water partition coefficient (Wildman–Crippen LogP) is 3.43. The van der Waals surface area contributed by atoms with Crippen molar-refractivity contribution in [2.75, 3.05) is 68.5 Å². The summed E-state index contributed by atoms with van der Waals surface area (Å²) in [6, 6.07) is 14.5. The zero-order valence-corrected chi connectivity index (χ0v) is 21.3. The van der Waals surface area contributed by atoms with E-state index in [1.807, 2.05) is 62.4 Å². The molecule has 0 atom stereocenters. The lowest BCUT2D eigenvalue weighted by Crippen LogP contribution is -2.50. The molecule has 1 heterocycles. The standard InChI is InChI=1S/C26H36N6O4/c1-4-14-32(25(34)27-5-2)19-24(33)28-20-6-10-22(11-7-20)30-15-17-31(18-16-30)26(35)29-21-8-12-23(36-3)13-9-21/h6-13H,4-5,14-19H2,1-3H3,(H,27,34)(H,28,33)(H,29,35). The molecule has 0 unspecified atom stereocenters. The Hall–Kier alpha value is -3.95. The van der Waals surface area contributed by atoms with Crippen molar-refractivity contribution < 1.29 is 19.1 Å². The molecule has 0 aromatic heterocycles. The second-order valence-corrected chi connectivity index (χ2v) is 8.48. The van der Waals surface area contributed by atoms with Crippen molar-refractivity contribution in [1.82, 2.24) is 15.1 Å². The Morgan fingerprint density at radius 2 is 1.50 bits per heavy atom. The quantitative estimate of drug-likeness (QED) is 0.493. The lowest BCUT2D eigenvalue weighted by molar-refractivity contribution is -0.116. The van der Waals surface area contributed by atoms with Crippen molar-refractivity contribution >= 4 is 35.0 Å². The van der Waals surface area contributed by atoms with E-state index in [1.165, 1.54) is 4.90 Å². The van der Waals surface area contributed by atoms with Crippen LogP contribution in [0, 0.1) is 0 Å². The smallest absolute Gasteiger partial charge is 0.321 e. The highest BCUT2D eigenvalue weighted by Crippen LogP contribution is 2.20. The van der Waals surface area contributed by atoms with Crippen LogP contribution >= 0.6 is 0 Å². The van der Waals surface area contributed by atoms with Gasteiger partial charge in [0.2, 0.25) is 5.91 Å². The number of methoxy groups -OCH3 is 1. The van der Waals surface area contributed by atoms with Crippen molar-refractivity contribution in [2.24, 2.45) is 0 Å². The first kappa shape index (κ1) is 26.7. The normalized spacial score (nSPS) is 13.1. The van der Waals surface area contributed by atoms with E-state index < -0.39 is 0 Å². The molecule has 36 heavy (non-hydrogen) atoms. The second kappa shape index (κ2) is 13.2. The highest BCUT2D eigenvalue weighted by molar-refractivity contribution is 5.94. The Balaban J connectivity index is 1.47. The number of piperazine rings is 1. The van der Waals surface area contributed by atoms with Gasteiger partial charge < -0.3 is 35.4 Å². The van der Waals surface area contributed by atoms with Gasteiger partial charge in [0.15, 0.2) is 0 Å². The zero-order chi connectivity index (χ0) is 25.9. The molecule has 3 N–H and O–H groups in total. The summed E-state index contributed by atoms with van der Waals surface area (Å²) in [5.41, 5.74) is 2.43. The average molecular weight is 497 g/mol. The molecular weight excluding hydrogens is 460 g/mol. The number of hydrogen-bond acceptors (Lipinski definition) is 5. The van der Waals surface area contributed by atoms with Crippen molar-refractivity contribution in [3.05, 3.63) is 48.5 Å². The molecule has 1 fully saturated rings. The second-order valence-electron chi connectivity index (χ2n) is 8.48. The van der Waals surface area contributed by atoms with E-state index in [4.69, 9.17) is 4.74 Å². The van der Waals surface area contributed by atoms with Gasteiger partial charge in [-0.05, 0) is 61.9 Å². The number of amides is 5. The summed E-state index contributed by atoms with van der Waals surface area (Å²) in [6.45, 7) is 7.48. The van der Waals surface area contributed by atoms with Gasteiger partial charge in [-0.15, -0.1) is 0 Å². The first-order chi connectivity index (χ1) is 17.4. The van der Waals surface area contributed by atoms with Gasteiger partial charge >= 0.3 is 12.1 Å². The predicted molar refractivity (Wildman–Crippen MR) is 142 cm³/mol. The zero-order valence-electron chi connectivity index (χ0n) is 21.3. The van der Waals surface area contributed by atoms with E-state index in [0.717, 1.165) is 23.5 Å². The van der Waals surface area contributed by atoms with Gasteiger partial charge in [0, 0.05) is 56.3 Å². The SMILES string of the molecule is CCCN(CC(=O)Nc1ccc(N2CCN(C(=O)Nc3ccc(OC)cc3)CC2)cc1)C(=O)NCC. The molecule has 0 radical (unpaired) electrons. The molecule has 2 aromatic rings. The summed E-state index contributed by atoms with van der Waals surface area (Å²) in [5, 5.41) is 8.52. The number of ether oxygens (including phenoxy) is 1. The number of anilines is 3. The van der Waals surface area contributed by atoms with E-state index in [2.05, 4.69) is 20.9 Å². The topological polar surface area (TPSA) is 106 Å². The minimum atomic E-state index is -0.237. The molecule has 1 aliphatic heterocycles. The maximum atomic E-state index is 12.6. The fraction of sp³-hybridized carbons (Fsp3) is 0.423. The van der Waals surface area contributed by atoms with Crippen LogP contribution < -0.4 is 25.6 Å². The first-order valence-corrected chi connectivity index (χ1v) is 12.3. The van der Waals surface area contributed by atoms with E-state index in [-0.39, 0.29) is 24.5 Å². The van der Waals surface area contributed by atoms with Crippen molar-refractivity contribution in [3.63, 3.8) is 0 Å². The molecule has 0 saturated carbocycles. The van der Waals surface area contributed by atoms with Crippen LogP contribution in [0.15, 0.2) is 48.5 Å². The third-order valence-corrected chi connectivity index (χ3v) is 5.87. The van der Waals surface area contributed by atoms with E-state index in [0.29, 0.717) is 45.0 Å². The number of nitrogens with one attached hydrogen (secondary N) is 3. The van der Waals surface area contributed by atoms with Crippen molar-refractivity contribution in [2.45, 2.75) is 20.3 Å². The summed E-state index contributed by atoms with van der Waals surface area (Å²) in [6.07, 6.45) is 0.773. The molecular formula is C26H36N6O4. The highest BCUT2D eigenvalue weighted by Gasteiger charge is 2.22. The number of rotatable bonds is 9. The maximum absolute atomic E-state index is 12.6. The summed E-state index contributed by atoms with van der Waals surface area (Å²) in [7, 11) is 1.61. The lowest BCUT2D eigenvalue weighted by Gasteiger charge is -2.36. The summed E-state index contributed by atoms with van der Waals surface area (Å²) < 4.78 is 5.15. The molecule has 194 valence electrons. The van der Waals surface area contributed by atoms with Crippen LogP contribution in [0.5, 0.6) is 5.75 Å². The van der Waals surface area contributed by atoms with Crippen molar-refractivity contribution in [3.8, 4) is 5.75 Å². The minimum absolute atomic E-state index is 0.00196. The summed E-state index contributed by atoms with van der Waals surface area (Å²) in [5.74, 6) is 0.504. The van der Waals surface area contributed by atoms with Crippen LogP contribution in [0.1, 0.15) is 20.3 Å². The molecule has 10 nitrogen and oxygen atoms in total. The number of hydrogen-bond donors (Lipinski definition) is 3. The Labute approximate surface area is 212 Å². The minimum Gasteiger partial charge on any atom is -0.497 e. The van der Waals surface area contributed by atoms with Gasteiger partial charge in [0.1, 0.15) is 12.3 Å². The molecule has 1 saturated heterocycles. The number of urea groups is 2. The Kier molecular flexibility index (Phi) is 9.79. The molecule has 0 spiro atoms. The van der Waals surface area contributed by atoms with E-state index in [1.54, 1.807) is 12.0 Å². The fourth-order valence-electron chi connectivity index (χ4n) is 3.96. The van der Waals surface area contributed by atoms with Crippen LogP contribution in [0.2, 0.25) is 0 Å². The first-order valence-electron chi connectivity index (χ1n) is 12.3. The molecule has 3 rings (SSSR count). The maximum Gasteiger partial charge on any atom is 0.321 e. The van der Waals surface area contributed by atoms with Crippen LogP contribution in [0.3, 0.4) is 0 Å². The monoisotopic (exact) mass is 496 g/mol. The van der Waals surface area contributed by atoms with Gasteiger partial charge in [0.25, 0.3) is 0 Å². The average Bonchev–Trinajstić information content (AvgIpc) is 2.89. The molecule has 0 bridgehead atoms. The largest absolute Gasteiger partial charge is 0.497 e. The number of carbonyl (C=O) groups is 3. The molecule has 2 aromatic carbocycles. The van der Waals surface area contributed by atoms with Crippen LogP contribution in [-0.4, -0.2) is 80.7 Å². The fourth-order valence-corrected chi connectivity index (χ4v) is 3.96. The number of benzene rings is 2. The van der Waals surface area contributed by atoms with Gasteiger partial charge in [-0.1, -0.05) is 6.92 Å². The van der Waals surface area contributed by atoms with Gasteiger partial charge in [-0.2, -0.15) is 0 Å². The van der Waals surface area contributed by atoms with Gasteiger partial charge in [-0.3, -0.25) is 4.79 Å². The highest BCUT2D eigenvalue weighted by atomic mass is 16.5. The molecule has 1 aliphatic rings. The van der Waals surface area contributed by atoms with Gasteiger partial charge in [-0.25, -0.2) is 9.59 Å².